The van der Waals surface area contributed by atoms with E-state index in [4.69, 9.17) is 0 Å². The number of carboxylic acids is 1. The van der Waals surface area contributed by atoms with E-state index in [2.05, 4.69) is 5.32 Å². The summed E-state index contributed by atoms with van der Waals surface area (Å²) in [5.74, 6) is -2.64. The van der Waals surface area contributed by atoms with Crippen LogP contribution in [-0.2, 0) is 21.4 Å². The van der Waals surface area contributed by atoms with Gasteiger partial charge in [-0.1, -0.05) is 43.2 Å². The fourth-order valence-corrected chi connectivity index (χ4v) is 3.84. The van der Waals surface area contributed by atoms with E-state index in [9.17, 15) is 23.5 Å². The first kappa shape index (κ1) is 19.0. The lowest BCUT2D eigenvalue weighted by Crippen LogP contribution is -2.50. The molecule has 1 aliphatic rings. The Balaban J connectivity index is 1.85. The number of halogens is 2. The van der Waals surface area contributed by atoms with Gasteiger partial charge in [-0.15, -0.1) is 0 Å². The first-order chi connectivity index (χ1) is 12.9. The van der Waals surface area contributed by atoms with Crippen molar-refractivity contribution in [3.63, 3.8) is 0 Å². The highest BCUT2D eigenvalue weighted by Gasteiger charge is 2.45. The van der Waals surface area contributed by atoms with Crippen molar-refractivity contribution < 1.29 is 23.5 Å². The van der Waals surface area contributed by atoms with Crippen LogP contribution in [0.25, 0.3) is 0 Å². The molecule has 0 radical (unpaired) electrons. The highest BCUT2D eigenvalue weighted by Crippen LogP contribution is 2.42. The van der Waals surface area contributed by atoms with Crippen LogP contribution in [0.5, 0.6) is 0 Å². The van der Waals surface area contributed by atoms with Crippen LogP contribution in [0, 0.1) is 11.6 Å². The molecular weight excluding hydrogens is 352 g/mol. The molecule has 142 valence electrons. The van der Waals surface area contributed by atoms with Crippen molar-refractivity contribution in [1.82, 2.24) is 5.32 Å². The minimum atomic E-state index is -1.22. The number of aliphatic carboxylic acids is 1. The molecule has 0 aromatic heterocycles. The molecule has 0 heterocycles. The molecule has 4 nitrogen and oxygen atoms in total. The van der Waals surface area contributed by atoms with Crippen LogP contribution in [0.4, 0.5) is 8.78 Å². The third-order valence-electron chi connectivity index (χ3n) is 5.21. The minimum Gasteiger partial charge on any atom is -0.480 e. The van der Waals surface area contributed by atoms with E-state index < -0.39 is 35.0 Å². The number of nitrogens with one attached hydrogen (secondary N) is 1. The summed E-state index contributed by atoms with van der Waals surface area (Å²) >= 11 is 0. The van der Waals surface area contributed by atoms with Crippen molar-refractivity contribution in [3.05, 3.63) is 71.3 Å². The molecule has 0 aliphatic heterocycles. The molecule has 1 atom stereocenters. The molecule has 27 heavy (non-hydrogen) atoms. The summed E-state index contributed by atoms with van der Waals surface area (Å²) in [6.07, 6.45) is 2.41. The summed E-state index contributed by atoms with van der Waals surface area (Å²) in [7, 11) is 0. The lowest BCUT2D eigenvalue weighted by Gasteiger charge is -2.30. The average molecular weight is 373 g/mol. The van der Waals surface area contributed by atoms with Crippen molar-refractivity contribution in [2.45, 2.75) is 43.6 Å². The third-order valence-corrected chi connectivity index (χ3v) is 5.21. The Morgan fingerprint density at radius 1 is 1.07 bits per heavy atom. The molecule has 0 bridgehead atoms. The zero-order valence-electron chi connectivity index (χ0n) is 14.8. The van der Waals surface area contributed by atoms with Crippen molar-refractivity contribution in [3.8, 4) is 0 Å². The normalized spacial score (nSPS) is 16.7. The fourth-order valence-electron chi connectivity index (χ4n) is 3.84. The van der Waals surface area contributed by atoms with Crippen LogP contribution in [0.15, 0.2) is 48.5 Å². The summed E-state index contributed by atoms with van der Waals surface area (Å²) in [5, 5.41) is 12.1. The smallest absolute Gasteiger partial charge is 0.326 e. The first-order valence-corrected chi connectivity index (χ1v) is 8.95. The van der Waals surface area contributed by atoms with Crippen molar-refractivity contribution in [1.29, 1.82) is 0 Å². The van der Waals surface area contributed by atoms with E-state index >= 15 is 0 Å². The van der Waals surface area contributed by atoms with Crippen molar-refractivity contribution in [2.75, 3.05) is 0 Å². The van der Waals surface area contributed by atoms with Gasteiger partial charge >= 0.3 is 5.97 Å². The number of amides is 1. The van der Waals surface area contributed by atoms with Gasteiger partial charge in [-0.05, 0) is 36.6 Å². The molecule has 1 unspecified atom stereocenters. The summed E-state index contributed by atoms with van der Waals surface area (Å²) in [6.45, 7) is 0. The SMILES string of the molecule is O=C(O)C(Cc1cccc(F)c1)NC(=O)C1(c2ccccc2F)CCCC1. The maximum absolute atomic E-state index is 14.4. The van der Waals surface area contributed by atoms with Gasteiger partial charge in [0.1, 0.15) is 17.7 Å². The first-order valence-electron chi connectivity index (χ1n) is 8.95. The van der Waals surface area contributed by atoms with Crippen molar-refractivity contribution in [2.24, 2.45) is 0 Å². The predicted molar refractivity (Wildman–Crippen MR) is 96.2 cm³/mol. The summed E-state index contributed by atoms with van der Waals surface area (Å²) < 4.78 is 27.8. The monoisotopic (exact) mass is 373 g/mol. The van der Waals surface area contributed by atoms with Crippen LogP contribution in [-0.4, -0.2) is 23.0 Å². The Hall–Kier alpha value is -2.76. The van der Waals surface area contributed by atoms with E-state index in [1.807, 2.05) is 0 Å². The van der Waals surface area contributed by atoms with Gasteiger partial charge in [-0.3, -0.25) is 4.79 Å². The Bertz CT molecular complexity index is 847. The molecule has 0 saturated heterocycles. The van der Waals surface area contributed by atoms with E-state index in [1.54, 1.807) is 24.3 Å². The average Bonchev–Trinajstić information content (AvgIpc) is 3.12. The van der Waals surface area contributed by atoms with Gasteiger partial charge in [-0.25, -0.2) is 13.6 Å². The van der Waals surface area contributed by atoms with Crippen LogP contribution in [0.3, 0.4) is 0 Å². The maximum Gasteiger partial charge on any atom is 0.326 e. The molecule has 0 spiro atoms. The highest BCUT2D eigenvalue weighted by molar-refractivity contribution is 5.92. The number of hydrogen-bond donors (Lipinski definition) is 2. The Kier molecular flexibility index (Phi) is 5.54. The largest absolute Gasteiger partial charge is 0.480 e. The van der Waals surface area contributed by atoms with Crippen LogP contribution < -0.4 is 5.32 Å². The number of hydrogen-bond acceptors (Lipinski definition) is 2. The summed E-state index contributed by atoms with van der Waals surface area (Å²) in [4.78, 5) is 24.7. The molecular formula is C21H21F2NO3. The van der Waals surface area contributed by atoms with Crippen LogP contribution in [0.2, 0.25) is 0 Å². The molecule has 1 aliphatic carbocycles. The summed E-state index contributed by atoms with van der Waals surface area (Å²) in [6, 6.07) is 10.5. The van der Waals surface area contributed by atoms with Gasteiger partial charge in [0.25, 0.3) is 0 Å². The molecule has 1 amide bonds. The van der Waals surface area contributed by atoms with E-state index in [0.29, 0.717) is 24.0 Å². The molecule has 2 aromatic rings. The second-order valence-corrected chi connectivity index (χ2v) is 6.97. The number of carbonyl (C=O) groups is 2. The molecule has 6 heteroatoms. The molecule has 2 N–H and O–H groups in total. The van der Waals surface area contributed by atoms with Crippen LogP contribution in [0.1, 0.15) is 36.8 Å². The van der Waals surface area contributed by atoms with Gasteiger partial charge in [0.05, 0.1) is 5.41 Å². The quantitative estimate of drug-likeness (QED) is 0.813. The molecule has 2 aromatic carbocycles. The van der Waals surface area contributed by atoms with Crippen molar-refractivity contribution >= 4 is 11.9 Å². The lowest BCUT2D eigenvalue weighted by atomic mass is 9.77. The molecule has 3 rings (SSSR count). The minimum absolute atomic E-state index is 0.0494. The Morgan fingerprint density at radius 3 is 2.41 bits per heavy atom. The Morgan fingerprint density at radius 2 is 1.78 bits per heavy atom. The molecule has 1 fully saturated rings. The number of rotatable bonds is 6. The highest BCUT2D eigenvalue weighted by atomic mass is 19.1. The predicted octanol–water partition coefficient (Wildman–Crippen LogP) is 3.59. The van der Waals surface area contributed by atoms with Gasteiger partial charge in [0.2, 0.25) is 5.91 Å². The van der Waals surface area contributed by atoms with Gasteiger partial charge in [-0.2, -0.15) is 0 Å². The zero-order chi connectivity index (χ0) is 19.4. The zero-order valence-corrected chi connectivity index (χ0v) is 14.8. The third kappa shape index (κ3) is 3.99. The molecule has 1 saturated carbocycles. The van der Waals surface area contributed by atoms with Gasteiger partial charge in [0.15, 0.2) is 0 Å². The fraction of sp³-hybridized carbons (Fsp3) is 0.333. The van der Waals surface area contributed by atoms with Crippen LogP contribution >= 0.6 is 0 Å². The van der Waals surface area contributed by atoms with E-state index in [-0.39, 0.29) is 6.42 Å². The van der Waals surface area contributed by atoms with E-state index in [1.165, 1.54) is 24.3 Å². The standard InChI is InChI=1S/C21H21F2NO3/c22-15-7-5-6-14(12-15)13-18(19(25)26)24-20(27)21(10-3-4-11-21)16-8-1-2-9-17(16)23/h1-2,5-9,12,18H,3-4,10-11,13H2,(H,24,27)(H,25,26). The lowest BCUT2D eigenvalue weighted by molar-refractivity contribution is -0.142. The number of carboxylic acid groups (broad SMARTS) is 1. The number of carbonyl (C=O) groups excluding carboxylic acids is 1. The second kappa shape index (κ2) is 7.86. The van der Waals surface area contributed by atoms with Gasteiger partial charge in [0, 0.05) is 12.0 Å². The maximum atomic E-state index is 14.4. The topological polar surface area (TPSA) is 66.4 Å². The second-order valence-electron chi connectivity index (χ2n) is 6.97. The van der Waals surface area contributed by atoms with E-state index in [0.717, 1.165) is 12.8 Å². The summed E-state index contributed by atoms with van der Waals surface area (Å²) in [5.41, 5.74) is -0.301. The Labute approximate surface area is 156 Å². The van der Waals surface area contributed by atoms with Gasteiger partial charge < -0.3 is 10.4 Å². The number of benzene rings is 2.